The molecule has 0 bridgehead atoms. The number of aliphatic hydroxyl groups excluding tert-OH is 1. The lowest BCUT2D eigenvalue weighted by atomic mass is 10.1. The maximum absolute atomic E-state index is 9.06. The molecule has 0 amide bonds. The Morgan fingerprint density at radius 1 is 1.57 bits per heavy atom. The van der Waals surface area contributed by atoms with Crippen LogP contribution >= 0.6 is 11.6 Å². The summed E-state index contributed by atoms with van der Waals surface area (Å²) in [5.41, 5.74) is 1.24. The summed E-state index contributed by atoms with van der Waals surface area (Å²) in [5, 5.41) is 10.3. The zero-order chi connectivity index (χ0) is 10.1. The largest absolute Gasteiger partial charge is 0.493 e. The van der Waals surface area contributed by atoms with Gasteiger partial charge in [-0.3, -0.25) is 0 Å². The Hall–Kier alpha value is -1.19. The molecule has 0 radical (unpaired) electrons. The summed E-state index contributed by atoms with van der Waals surface area (Å²) in [6.45, 7) is -0.115. The van der Waals surface area contributed by atoms with Crippen LogP contribution in [0.2, 0.25) is 5.02 Å². The van der Waals surface area contributed by atoms with Crippen molar-refractivity contribution in [1.82, 2.24) is 0 Å². The smallest absolute Gasteiger partial charge is 0.177 e. The van der Waals surface area contributed by atoms with Gasteiger partial charge >= 0.3 is 0 Å². The average molecular weight is 213 g/mol. The van der Waals surface area contributed by atoms with Crippen LogP contribution in [-0.4, -0.2) is 12.2 Å². The van der Waals surface area contributed by atoms with Gasteiger partial charge in [-0.15, -0.1) is 0 Å². The molecule has 0 saturated carbocycles. The molecule has 0 unspecified atom stereocenters. The number of hydrogen-bond donors (Lipinski definition) is 1. The molecule has 2 rings (SSSR count). The lowest BCUT2D eigenvalue weighted by Gasteiger charge is -2.06. The summed E-state index contributed by atoms with van der Waals surface area (Å²) in [6, 6.07) is 3.42. The Labute approximate surface area is 85.8 Å². The molecule has 14 heavy (non-hydrogen) atoms. The monoisotopic (exact) mass is 212 g/mol. The fourth-order valence-corrected chi connectivity index (χ4v) is 1.66. The number of benzene rings is 1. The Kier molecular flexibility index (Phi) is 2.35. The molecule has 0 aliphatic carbocycles. The Morgan fingerprint density at radius 2 is 2.36 bits per heavy atom. The van der Waals surface area contributed by atoms with E-state index in [4.69, 9.17) is 25.9 Å². The van der Waals surface area contributed by atoms with Gasteiger partial charge in [-0.1, -0.05) is 11.6 Å². The topological polar surface area (TPSA) is 42.6 Å². The number of methoxy groups -OCH3 is 1. The van der Waals surface area contributed by atoms with E-state index in [-0.39, 0.29) is 6.61 Å². The van der Waals surface area contributed by atoms with Crippen LogP contribution in [0.25, 0.3) is 11.0 Å². The molecule has 1 N–H and O–H groups in total. The first-order valence-electron chi connectivity index (χ1n) is 4.11. The maximum atomic E-state index is 9.06. The molecule has 0 fully saturated rings. The van der Waals surface area contributed by atoms with E-state index < -0.39 is 0 Å². The fraction of sp³-hybridized carbons (Fsp3) is 0.200. The first kappa shape index (κ1) is 9.37. The molecule has 0 saturated heterocycles. The predicted octanol–water partition coefficient (Wildman–Crippen LogP) is 2.59. The summed E-state index contributed by atoms with van der Waals surface area (Å²) in [5.74, 6) is 0.582. The highest BCUT2D eigenvalue weighted by Gasteiger charge is 2.12. The molecule has 0 aliphatic heterocycles. The van der Waals surface area contributed by atoms with Crippen LogP contribution in [0.4, 0.5) is 0 Å². The van der Waals surface area contributed by atoms with Crippen molar-refractivity contribution in [2.75, 3.05) is 7.11 Å². The van der Waals surface area contributed by atoms with Crippen LogP contribution in [0.1, 0.15) is 5.56 Å². The van der Waals surface area contributed by atoms with Gasteiger partial charge in [-0.2, -0.15) is 0 Å². The van der Waals surface area contributed by atoms with Crippen molar-refractivity contribution in [3.63, 3.8) is 0 Å². The van der Waals surface area contributed by atoms with E-state index in [1.165, 1.54) is 0 Å². The number of aliphatic hydroxyl groups is 1. The van der Waals surface area contributed by atoms with Crippen molar-refractivity contribution >= 4 is 22.6 Å². The van der Waals surface area contributed by atoms with Crippen molar-refractivity contribution in [2.24, 2.45) is 0 Å². The Bertz CT molecular complexity index is 462. The minimum absolute atomic E-state index is 0.115. The second-order valence-corrected chi connectivity index (χ2v) is 3.25. The number of ether oxygens (including phenoxy) is 1. The van der Waals surface area contributed by atoms with Crippen molar-refractivity contribution in [1.29, 1.82) is 0 Å². The lowest BCUT2D eigenvalue weighted by Crippen LogP contribution is -1.90. The van der Waals surface area contributed by atoms with Gasteiger partial charge in [0.2, 0.25) is 0 Å². The number of furan rings is 1. The van der Waals surface area contributed by atoms with Crippen LogP contribution in [0.3, 0.4) is 0 Å². The van der Waals surface area contributed by atoms with Crippen LogP contribution < -0.4 is 4.74 Å². The fourth-order valence-electron chi connectivity index (χ4n) is 1.40. The summed E-state index contributed by atoms with van der Waals surface area (Å²) < 4.78 is 10.3. The van der Waals surface area contributed by atoms with E-state index >= 15 is 0 Å². The number of fused-ring (bicyclic) bond motifs is 1. The molecule has 0 aliphatic rings. The van der Waals surface area contributed by atoms with Crippen LogP contribution in [0.15, 0.2) is 22.8 Å². The third kappa shape index (κ3) is 1.25. The summed E-state index contributed by atoms with van der Waals surface area (Å²) in [7, 11) is 1.55. The normalized spacial score (nSPS) is 10.8. The molecular weight excluding hydrogens is 204 g/mol. The summed E-state index contributed by atoms with van der Waals surface area (Å²) in [6.07, 6.45) is 1.54. The molecular formula is C10H9ClO3. The lowest BCUT2D eigenvalue weighted by molar-refractivity contribution is 0.281. The highest BCUT2D eigenvalue weighted by molar-refractivity contribution is 6.36. The van der Waals surface area contributed by atoms with E-state index in [2.05, 4.69) is 0 Å². The SMILES string of the molecule is COc1cc(CO)c(Cl)c2ccoc12. The number of hydrogen-bond acceptors (Lipinski definition) is 3. The third-order valence-electron chi connectivity index (χ3n) is 2.10. The highest BCUT2D eigenvalue weighted by Crippen LogP contribution is 2.35. The van der Waals surface area contributed by atoms with E-state index in [0.717, 1.165) is 5.39 Å². The highest BCUT2D eigenvalue weighted by atomic mass is 35.5. The van der Waals surface area contributed by atoms with E-state index in [0.29, 0.717) is 21.9 Å². The Balaban J connectivity index is 2.80. The Morgan fingerprint density at radius 3 is 3.00 bits per heavy atom. The first-order valence-corrected chi connectivity index (χ1v) is 4.49. The van der Waals surface area contributed by atoms with Gasteiger partial charge in [-0.25, -0.2) is 0 Å². The van der Waals surface area contributed by atoms with Gasteiger partial charge in [0.1, 0.15) is 0 Å². The quantitative estimate of drug-likeness (QED) is 0.832. The summed E-state index contributed by atoms with van der Waals surface area (Å²) >= 11 is 6.04. The maximum Gasteiger partial charge on any atom is 0.177 e. The number of rotatable bonds is 2. The minimum atomic E-state index is -0.115. The second kappa shape index (κ2) is 3.52. The average Bonchev–Trinajstić information content (AvgIpc) is 2.68. The molecule has 1 aromatic carbocycles. The van der Waals surface area contributed by atoms with Crippen molar-refractivity contribution in [3.8, 4) is 5.75 Å². The molecule has 1 aromatic heterocycles. The van der Waals surface area contributed by atoms with Crippen LogP contribution in [-0.2, 0) is 6.61 Å². The van der Waals surface area contributed by atoms with Gasteiger partial charge in [-0.05, 0) is 12.1 Å². The van der Waals surface area contributed by atoms with Crippen molar-refractivity contribution in [3.05, 3.63) is 29.0 Å². The van der Waals surface area contributed by atoms with Gasteiger partial charge < -0.3 is 14.3 Å². The molecule has 1 heterocycles. The van der Waals surface area contributed by atoms with Crippen LogP contribution in [0.5, 0.6) is 5.75 Å². The van der Waals surface area contributed by atoms with Crippen molar-refractivity contribution in [2.45, 2.75) is 6.61 Å². The van der Waals surface area contributed by atoms with Crippen molar-refractivity contribution < 1.29 is 14.3 Å². The molecule has 2 aromatic rings. The minimum Gasteiger partial charge on any atom is -0.493 e. The third-order valence-corrected chi connectivity index (χ3v) is 2.55. The molecule has 4 heteroatoms. The van der Waals surface area contributed by atoms with Gasteiger partial charge in [0.25, 0.3) is 0 Å². The van der Waals surface area contributed by atoms with E-state index in [1.54, 1.807) is 25.5 Å². The van der Waals surface area contributed by atoms with Crippen LogP contribution in [0, 0.1) is 0 Å². The molecule has 0 atom stereocenters. The zero-order valence-corrected chi connectivity index (χ0v) is 8.34. The van der Waals surface area contributed by atoms with E-state index in [1.807, 2.05) is 0 Å². The van der Waals surface area contributed by atoms with Gasteiger partial charge in [0.15, 0.2) is 11.3 Å². The summed E-state index contributed by atoms with van der Waals surface area (Å²) in [4.78, 5) is 0. The predicted molar refractivity (Wildman–Crippen MR) is 53.7 cm³/mol. The zero-order valence-electron chi connectivity index (χ0n) is 7.58. The second-order valence-electron chi connectivity index (χ2n) is 2.87. The standard InChI is InChI=1S/C10H9ClO3/c1-13-8-4-6(5-12)9(11)7-2-3-14-10(7)8/h2-4,12H,5H2,1H3. The van der Waals surface area contributed by atoms with Gasteiger partial charge in [0.05, 0.1) is 25.0 Å². The molecule has 74 valence electrons. The van der Waals surface area contributed by atoms with E-state index in [9.17, 15) is 0 Å². The number of halogens is 1. The van der Waals surface area contributed by atoms with Gasteiger partial charge in [0, 0.05) is 10.9 Å². The first-order chi connectivity index (χ1) is 6.77. The molecule has 0 spiro atoms. The molecule has 3 nitrogen and oxygen atoms in total.